The predicted octanol–water partition coefficient (Wildman–Crippen LogP) is 1.83. The normalized spacial score (nSPS) is 25.5. The molecule has 2 heterocycles. The summed E-state index contributed by atoms with van der Waals surface area (Å²) in [6.45, 7) is 5.26. The molecule has 5 heteroatoms. The van der Waals surface area contributed by atoms with Crippen molar-refractivity contribution in [2.75, 3.05) is 20.3 Å². The van der Waals surface area contributed by atoms with Gasteiger partial charge in [0.25, 0.3) is 0 Å². The average molecular weight is 267 g/mol. The lowest BCUT2D eigenvalue weighted by Gasteiger charge is -2.29. The number of ether oxygens (including phenoxy) is 1. The first-order valence-corrected chi connectivity index (χ1v) is 6.63. The van der Waals surface area contributed by atoms with E-state index >= 15 is 0 Å². The highest BCUT2D eigenvalue weighted by Crippen LogP contribution is 2.33. The molecule has 0 bridgehead atoms. The van der Waals surface area contributed by atoms with Crippen molar-refractivity contribution < 1.29 is 19.1 Å². The highest BCUT2D eigenvalue weighted by atomic mass is 16.5. The molecular weight excluding hydrogens is 246 g/mol. The summed E-state index contributed by atoms with van der Waals surface area (Å²) in [5, 5.41) is 9.49. The predicted molar refractivity (Wildman–Crippen MR) is 69.8 cm³/mol. The van der Waals surface area contributed by atoms with E-state index in [1.54, 1.807) is 12.1 Å². The molecule has 3 unspecified atom stereocenters. The zero-order valence-corrected chi connectivity index (χ0v) is 11.6. The van der Waals surface area contributed by atoms with E-state index in [-0.39, 0.29) is 24.5 Å². The molecule has 19 heavy (non-hydrogen) atoms. The molecule has 3 atom stereocenters. The van der Waals surface area contributed by atoms with Crippen LogP contribution in [0.5, 0.6) is 0 Å². The highest BCUT2D eigenvalue weighted by molar-refractivity contribution is 5.86. The largest absolute Gasteiger partial charge is 0.463 e. The molecule has 0 aromatic carbocycles. The SMILES string of the molecule is COC(=O)c1ccc(C(C)N2CCC(C)C2CO)o1. The Morgan fingerprint density at radius 3 is 3.00 bits per heavy atom. The van der Waals surface area contributed by atoms with E-state index in [9.17, 15) is 9.90 Å². The van der Waals surface area contributed by atoms with Gasteiger partial charge in [0.15, 0.2) is 0 Å². The standard InChI is InChI=1S/C14H21NO4/c1-9-6-7-15(11(9)8-16)10(2)12-4-5-13(19-12)14(17)18-3/h4-5,9-11,16H,6-8H2,1-3H3. The van der Waals surface area contributed by atoms with E-state index in [4.69, 9.17) is 4.42 Å². The topological polar surface area (TPSA) is 62.9 Å². The monoisotopic (exact) mass is 267 g/mol. The van der Waals surface area contributed by atoms with E-state index in [1.807, 2.05) is 6.92 Å². The fourth-order valence-corrected chi connectivity index (χ4v) is 2.75. The van der Waals surface area contributed by atoms with Gasteiger partial charge in [-0.1, -0.05) is 6.92 Å². The van der Waals surface area contributed by atoms with Crippen LogP contribution in [-0.4, -0.2) is 42.3 Å². The van der Waals surface area contributed by atoms with Gasteiger partial charge in [0, 0.05) is 6.04 Å². The Balaban J connectivity index is 2.13. The van der Waals surface area contributed by atoms with Gasteiger partial charge < -0.3 is 14.3 Å². The summed E-state index contributed by atoms with van der Waals surface area (Å²) in [7, 11) is 1.33. The van der Waals surface area contributed by atoms with Gasteiger partial charge in [0.05, 0.1) is 19.8 Å². The molecule has 1 aromatic rings. The lowest BCUT2D eigenvalue weighted by Crippen LogP contribution is -2.36. The molecular formula is C14H21NO4. The summed E-state index contributed by atoms with van der Waals surface area (Å²) in [4.78, 5) is 13.6. The highest BCUT2D eigenvalue weighted by Gasteiger charge is 2.35. The number of esters is 1. The van der Waals surface area contributed by atoms with Crippen molar-refractivity contribution >= 4 is 5.97 Å². The first-order valence-electron chi connectivity index (χ1n) is 6.63. The minimum atomic E-state index is -0.466. The number of rotatable bonds is 4. The molecule has 0 spiro atoms. The summed E-state index contributed by atoms with van der Waals surface area (Å²) in [6, 6.07) is 3.63. The number of nitrogens with zero attached hydrogens (tertiary/aromatic N) is 1. The van der Waals surface area contributed by atoms with Crippen LogP contribution in [0.4, 0.5) is 0 Å². The van der Waals surface area contributed by atoms with Gasteiger partial charge in [0.1, 0.15) is 5.76 Å². The molecule has 0 aliphatic carbocycles. The second-order valence-corrected chi connectivity index (χ2v) is 5.12. The zero-order chi connectivity index (χ0) is 14.0. The van der Waals surface area contributed by atoms with Crippen LogP contribution in [0, 0.1) is 5.92 Å². The van der Waals surface area contributed by atoms with Crippen molar-refractivity contribution in [3.05, 3.63) is 23.7 Å². The molecule has 1 aliphatic heterocycles. The lowest BCUT2D eigenvalue weighted by molar-refractivity contribution is 0.0553. The number of aliphatic hydroxyl groups excluding tert-OH is 1. The Hall–Kier alpha value is -1.33. The van der Waals surface area contributed by atoms with Gasteiger partial charge >= 0.3 is 5.97 Å². The third kappa shape index (κ3) is 2.67. The van der Waals surface area contributed by atoms with Crippen molar-refractivity contribution in [3.63, 3.8) is 0 Å². The first-order chi connectivity index (χ1) is 9.08. The summed E-state index contributed by atoms with van der Waals surface area (Å²) >= 11 is 0. The van der Waals surface area contributed by atoms with Gasteiger partial charge in [-0.25, -0.2) is 4.79 Å². The van der Waals surface area contributed by atoms with Crippen molar-refractivity contribution in [3.8, 4) is 0 Å². The quantitative estimate of drug-likeness (QED) is 0.843. The van der Waals surface area contributed by atoms with Crippen LogP contribution in [-0.2, 0) is 4.74 Å². The first kappa shape index (κ1) is 14.1. The Labute approximate surface area is 113 Å². The maximum Gasteiger partial charge on any atom is 0.373 e. The van der Waals surface area contributed by atoms with Crippen molar-refractivity contribution in [1.29, 1.82) is 0 Å². The smallest absolute Gasteiger partial charge is 0.373 e. The third-order valence-electron chi connectivity index (χ3n) is 4.04. The second-order valence-electron chi connectivity index (χ2n) is 5.12. The molecule has 2 rings (SSSR count). The summed E-state index contributed by atoms with van der Waals surface area (Å²) in [5.74, 6) is 0.958. The van der Waals surface area contributed by atoms with E-state index in [1.165, 1.54) is 7.11 Å². The van der Waals surface area contributed by atoms with Gasteiger partial charge in [-0.05, 0) is 37.9 Å². The fourth-order valence-electron chi connectivity index (χ4n) is 2.75. The van der Waals surface area contributed by atoms with Gasteiger partial charge in [-0.3, -0.25) is 4.90 Å². The Morgan fingerprint density at radius 1 is 1.63 bits per heavy atom. The number of likely N-dealkylation sites (tertiary alicyclic amines) is 1. The molecule has 1 saturated heterocycles. The zero-order valence-electron chi connectivity index (χ0n) is 11.6. The Bertz CT molecular complexity index is 442. The second kappa shape index (κ2) is 5.75. The van der Waals surface area contributed by atoms with Crippen LogP contribution in [0.3, 0.4) is 0 Å². The average Bonchev–Trinajstić information content (AvgIpc) is 3.03. The van der Waals surface area contributed by atoms with Crippen LogP contribution < -0.4 is 0 Å². The number of hydrogen-bond acceptors (Lipinski definition) is 5. The maximum absolute atomic E-state index is 11.4. The van der Waals surface area contributed by atoms with Gasteiger partial charge in [-0.2, -0.15) is 0 Å². The molecule has 1 aliphatic rings. The lowest BCUT2D eigenvalue weighted by atomic mass is 10.0. The van der Waals surface area contributed by atoms with E-state index in [0.29, 0.717) is 5.92 Å². The van der Waals surface area contributed by atoms with Crippen molar-refractivity contribution in [2.45, 2.75) is 32.4 Å². The Morgan fingerprint density at radius 2 is 2.37 bits per heavy atom. The van der Waals surface area contributed by atoms with E-state index in [2.05, 4.69) is 16.6 Å². The maximum atomic E-state index is 11.4. The number of methoxy groups -OCH3 is 1. The number of carbonyl (C=O) groups is 1. The van der Waals surface area contributed by atoms with Crippen LogP contribution in [0.1, 0.15) is 42.6 Å². The van der Waals surface area contributed by atoms with Gasteiger partial charge in [0.2, 0.25) is 5.76 Å². The van der Waals surface area contributed by atoms with E-state index < -0.39 is 5.97 Å². The fraction of sp³-hybridized carbons (Fsp3) is 0.643. The molecule has 1 N–H and O–H groups in total. The minimum absolute atomic E-state index is 0.0421. The van der Waals surface area contributed by atoms with Crippen LogP contribution >= 0.6 is 0 Å². The molecule has 0 saturated carbocycles. The Kier molecular flexibility index (Phi) is 4.27. The van der Waals surface area contributed by atoms with Crippen LogP contribution in [0.2, 0.25) is 0 Å². The van der Waals surface area contributed by atoms with Crippen molar-refractivity contribution in [1.82, 2.24) is 4.90 Å². The minimum Gasteiger partial charge on any atom is -0.463 e. The van der Waals surface area contributed by atoms with E-state index in [0.717, 1.165) is 18.7 Å². The molecule has 5 nitrogen and oxygen atoms in total. The number of furan rings is 1. The number of carbonyl (C=O) groups excluding carboxylic acids is 1. The summed E-state index contributed by atoms with van der Waals surface area (Å²) in [6.07, 6.45) is 1.07. The summed E-state index contributed by atoms with van der Waals surface area (Å²) < 4.78 is 10.2. The number of aliphatic hydroxyl groups is 1. The number of hydrogen-bond donors (Lipinski definition) is 1. The van der Waals surface area contributed by atoms with Crippen LogP contribution in [0.15, 0.2) is 16.5 Å². The van der Waals surface area contributed by atoms with Crippen LogP contribution in [0.25, 0.3) is 0 Å². The molecule has 0 amide bonds. The molecule has 1 fully saturated rings. The molecule has 1 aromatic heterocycles. The molecule has 0 radical (unpaired) electrons. The molecule has 106 valence electrons. The van der Waals surface area contributed by atoms with Gasteiger partial charge in [-0.15, -0.1) is 0 Å². The van der Waals surface area contributed by atoms with Crippen molar-refractivity contribution in [2.24, 2.45) is 5.92 Å². The summed E-state index contributed by atoms with van der Waals surface area (Å²) in [5.41, 5.74) is 0. The third-order valence-corrected chi connectivity index (χ3v) is 4.04.